The topological polar surface area (TPSA) is 35.2 Å². The van der Waals surface area contributed by atoms with Crippen LogP contribution in [0.2, 0.25) is 0 Å². The van der Waals surface area contributed by atoms with E-state index >= 15 is 0 Å². The molecule has 1 unspecified atom stereocenters. The monoisotopic (exact) mass is 161 g/mol. The van der Waals surface area contributed by atoms with Gasteiger partial charge in [-0.3, -0.25) is 0 Å². The molecule has 1 heterocycles. The fraction of sp³-hybridized carbons (Fsp3) is 1.00. The highest BCUT2D eigenvalue weighted by molar-refractivity contribution is 4.97. The molecule has 3 heteroatoms. The number of hydrogen-bond donors (Lipinski definition) is 1. The maximum atomic E-state index is 13.9. The highest BCUT2D eigenvalue weighted by atomic mass is 19.1. The summed E-state index contributed by atoms with van der Waals surface area (Å²) in [6.07, 6.45) is 0.483. The fourth-order valence-corrected chi connectivity index (χ4v) is 1.26. The molecule has 0 amide bonds. The van der Waals surface area contributed by atoms with E-state index in [0.717, 1.165) is 0 Å². The Kier molecular flexibility index (Phi) is 2.21. The third-order valence-electron chi connectivity index (χ3n) is 2.70. The van der Waals surface area contributed by atoms with Crippen LogP contribution in [0.5, 0.6) is 0 Å². The molecule has 1 saturated heterocycles. The van der Waals surface area contributed by atoms with Gasteiger partial charge in [0.1, 0.15) is 5.67 Å². The van der Waals surface area contributed by atoms with Crippen molar-refractivity contribution in [2.75, 3.05) is 19.8 Å². The first kappa shape index (κ1) is 8.94. The van der Waals surface area contributed by atoms with E-state index in [1.165, 1.54) is 0 Å². The average molecular weight is 161 g/mol. The van der Waals surface area contributed by atoms with Gasteiger partial charge in [-0.1, -0.05) is 13.8 Å². The van der Waals surface area contributed by atoms with E-state index in [-0.39, 0.29) is 6.61 Å². The van der Waals surface area contributed by atoms with Crippen LogP contribution >= 0.6 is 0 Å². The first-order valence-corrected chi connectivity index (χ1v) is 3.99. The van der Waals surface area contributed by atoms with Gasteiger partial charge >= 0.3 is 0 Å². The molecule has 0 aromatic carbocycles. The number of halogens is 1. The third-order valence-corrected chi connectivity index (χ3v) is 2.70. The Morgan fingerprint density at radius 1 is 1.64 bits per heavy atom. The molecule has 1 fully saturated rings. The summed E-state index contributed by atoms with van der Waals surface area (Å²) >= 11 is 0. The van der Waals surface area contributed by atoms with E-state index in [1.54, 1.807) is 0 Å². The van der Waals surface area contributed by atoms with Gasteiger partial charge in [0.15, 0.2) is 0 Å². The molecule has 66 valence electrons. The Morgan fingerprint density at radius 3 is 2.64 bits per heavy atom. The van der Waals surface area contributed by atoms with Crippen LogP contribution in [0.4, 0.5) is 4.39 Å². The van der Waals surface area contributed by atoms with Crippen molar-refractivity contribution < 1.29 is 9.13 Å². The number of rotatable bonds is 2. The van der Waals surface area contributed by atoms with Crippen LogP contribution in [0.15, 0.2) is 0 Å². The lowest BCUT2D eigenvalue weighted by atomic mass is 9.76. The molecule has 1 atom stereocenters. The summed E-state index contributed by atoms with van der Waals surface area (Å²) < 4.78 is 18.9. The van der Waals surface area contributed by atoms with Crippen molar-refractivity contribution in [3.8, 4) is 0 Å². The molecule has 0 radical (unpaired) electrons. The van der Waals surface area contributed by atoms with Crippen molar-refractivity contribution in [2.24, 2.45) is 11.1 Å². The maximum Gasteiger partial charge on any atom is 0.142 e. The Balaban J connectivity index is 2.69. The Bertz CT molecular complexity index is 141. The zero-order valence-electron chi connectivity index (χ0n) is 7.19. The standard InChI is InChI=1S/C8H16FNO/c1-7(2,5-10)8(9)3-4-11-6-8/h3-6,10H2,1-2H3. The van der Waals surface area contributed by atoms with E-state index in [0.29, 0.717) is 19.6 Å². The normalized spacial score (nSPS) is 32.7. The molecule has 0 aliphatic carbocycles. The van der Waals surface area contributed by atoms with Crippen molar-refractivity contribution in [3.63, 3.8) is 0 Å². The van der Waals surface area contributed by atoms with Gasteiger partial charge in [-0.2, -0.15) is 0 Å². The summed E-state index contributed by atoms with van der Waals surface area (Å²) in [6, 6.07) is 0. The van der Waals surface area contributed by atoms with Crippen LogP contribution in [0.3, 0.4) is 0 Å². The van der Waals surface area contributed by atoms with Crippen LogP contribution < -0.4 is 5.73 Å². The number of ether oxygens (including phenoxy) is 1. The molecule has 2 nitrogen and oxygen atoms in total. The highest BCUT2D eigenvalue weighted by Gasteiger charge is 2.47. The molecule has 1 aliphatic rings. The summed E-state index contributed by atoms with van der Waals surface area (Å²) in [5, 5.41) is 0. The largest absolute Gasteiger partial charge is 0.378 e. The van der Waals surface area contributed by atoms with Gasteiger partial charge in [-0.05, 0) is 0 Å². The molecule has 11 heavy (non-hydrogen) atoms. The van der Waals surface area contributed by atoms with Crippen molar-refractivity contribution in [3.05, 3.63) is 0 Å². The third kappa shape index (κ3) is 1.40. The molecule has 1 aliphatic heterocycles. The van der Waals surface area contributed by atoms with Gasteiger partial charge in [0.2, 0.25) is 0 Å². The predicted molar refractivity (Wildman–Crippen MR) is 42.1 cm³/mol. The lowest BCUT2D eigenvalue weighted by Crippen LogP contribution is -2.46. The lowest BCUT2D eigenvalue weighted by Gasteiger charge is -2.35. The molecule has 0 bridgehead atoms. The summed E-state index contributed by atoms with van der Waals surface area (Å²) in [5.74, 6) is 0. The quantitative estimate of drug-likeness (QED) is 0.658. The Labute approximate surface area is 66.9 Å². The minimum Gasteiger partial charge on any atom is -0.378 e. The minimum atomic E-state index is -1.21. The number of nitrogens with two attached hydrogens (primary N) is 1. The second-order valence-electron chi connectivity index (χ2n) is 3.86. The SMILES string of the molecule is CC(C)(CN)C1(F)CCOC1. The van der Waals surface area contributed by atoms with Crippen LogP contribution in [-0.4, -0.2) is 25.4 Å². The van der Waals surface area contributed by atoms with Crippen molar-refractivity contribution in [1.82, 2.24) is 0 Å². The van der Waals surface area contributed by atoms with Gasteiger partial charge < -0.3 is 10.5 Å². The maximum absolute atomic E-state index is 13.9. The average Bonchev–Trinajstić information content (AvgIpc) is 2.38. The summed E-state index contributed by atoms with van der Waals surface area (Å²) in [7, 11) is 0. The van der Waals surface area contributed by atoms with Crippen LogP contribution in [0, 0.1) is 5.41 Å². The van der Waals surface area contributed by atoms with Gasteiger partial charge in [-0.25, -0.2) is 4.39 Å². The summed E-state index contributed by atoms with van der Waals surface area (Å²) in [4.78, 5) is 0. The second kappa shape index (κ2) is 2.72. The minimum absolute atomic E-state index is 0.206. The summed E-state index contributed by atoms with van der Waals surface area (Å²) in [5.41, 5.74) is 3.81. The van der Waals surface area contributed by atoms with E-state index in [1.807, 2.05) is 13.8 Å². The molecular formula is C8H16FNO. The highest BCUT2D eigenvalue weighted by Crippen LogP contribution is 2.39. The predicted octanol–water partition coefficient (Wildman–Crippen LogP) is 1.10. The van der Waals surface area contributed by atoms with E-state index in [2.05, 4.69) is 0 Å². The lowest BCUT2D eigenvalue weighted by molar-refractivity contribution is 0.0113. The molecule has 0 saturated carbocycles. The molecule has 0 aromatic heterocycles. The molecule has 2 N–H and O–H groups in total. The molecule has 0 aromatic rings. The first-order chi connectivity index (χ1) is 5.02. The Hall–Kier alpha value is -0.150. The molecule has 0 spiro atoms. The molecular weight excluding hydrogens is 145 g/mol. The first-order valence-electron chi connectivity index (χ1n) is 3.99. The van der Waals surface area contributed by atoms with Gasteiger partial charge in [0, 0.05) is 25.0 Å². The van der Waals surface area contributed by atoms with Crippen LogP contribution in [0.1, 0.15) is 20.3 Å². The number of alkyl halides is 1. The van der Waals surface area contributed by atoms with E-state index in [9.17, 15) is 4.39 Å². The van der Waals surface area contributed by atoms with Gasteiger partial charge in [0.05, 0.1) is 6.61 Å². The van der Waals surface area contributed by atoms with Crippen molar-refractivity contribution in [2.45, 2.75) is 25.9 Å². The van der Waals surface area contributed by atoms with E-state index < -0.39 is 11.1 Å². The Morgan fingerprint density at radius 2 is 2.27 bits per heavy atom. The molecule has 1 rings (SSSR count). The summed E-state index contributed by atoms with van der Waals surface area (Å²) in [6.45, 7) is 4.80. The van der Waals surface area contributed by atoms with Crippen LogP contribution in [0.25, 0.3) is 0 Å². The van der Waals surface area contributed by atoms with Gasteiger partial charge in [-0.15, -0.1) is 0 Å². The van der Waals surface area contributed by atoms with Crippen molar-refractivity contribution >= 4 is 0 Å². The van der Waals surface area contributed by atoms with E-state index in [4.69, 9.17) is 10.5 Å². The zero-order chi connectivity index (χ0) is 8.54. The number of hydrogen-bond acceptors (Lipinski definition) is 2. The second-order valence-corrected chi connectivity index (χ2v) is 3.86. The fourth-order valence-electron chi connectivity index (χ4n) is 1.26. The van der Waals surface area contributed by atoms with Crippen molar-refractivity contribution in [1.29, 1.82) is 0 Å². The smallest absolute Gasteiger partial charge is 0.142 e. The van der Waals surface area contributed by atoms with Gasteiger partial charge in [0.25, 0.3) is 0 Å². The zero-order valence-corrected chi connectivity index (χ0v) is 7.19. The van der Waals surface area contributed by atoms with Crippen LogP contribution in [-0.2, 0) is 4.74 Å².